The van der Waals surface area contributed by atoms with E-state index in [0.29, 0.717) is 11.6 Å². The molecule has 0 spiro atoms. The topological polar surface area (TPSA) is 45.1 Å². The van der Waals surface area contributed by atoms with Crippen molar-refractivity contribution in [2.45, 2.75) is 32.9 Å². The lowest BCUT2D eigenvalue weighted by Crippen LogP contribution is -2.57. The number of ether oxygens (including phenoxy) is 1. The van der Waals surface area contributed by atoms with E-state index >= 15 is 0 Å². The normalized spacial score (nSPS) is 19.8. The zero-order chi connectivity index (χ0) is 21.0. The molecule has 0 N–H and O–H groups in total. The number of aliphatic imine (C=N–C) groups is 1. The third-order valence-electron chi connectivity index (χ3n) is 5.30. The fourth-order valence-electron chi connectivity index (χ4n) is 3.75. The lowest BCUT2D eigenvalue weighted by molar-refractivity contribution is 0.0600. The second-order valence-electron chi connectivity index (χ2n) is 7.58. The molecule has 0 saturated carbocycles. The van der Waals surface area contributed by atoms with Gasteiger partial charge in [-0.25, -0.2) is 9.79 Å². The van der Waals surface area contributed by atoms with Crippen LogP contribution in [0.2, 0.25) is 0 Å². The molecule has 1 saturated heterocycles. The lowest BCUT2D eigenvalue weighted by atomic mass is 10.0. The van der Waals surface area contributed by atoms with Crippen LogP contribution in [0.25, 0.3) is 0 Å². The Hall–Kier alpha value is -3.08. The number of nitrogens with zero attached hydrogens (tertiary/aromatic N) is 3. The molecule has 5 heteroatoms. The van der Waals surface area contributed by atoms with Crippen LogP contribution in [-0.2, 0) is 4.74 Å². The van der Waals surface area contributed by atoms with Gasteiger partial charge in [0.05, 0.1) is 18.4 Å². The zero-order valence-electron chi connectivity index (χ0n) is 17.6. The lowest BCUT2D eigenvalue weighted by Gasteiger charge is -2.46. The quantitative estimate of drug-likeness (QED) is 0.438. The third kappa shape index (κ3) is 4.67. The van der Waals surface area contributed by atoms with Crippen molar-refractivity contribution in [3.63, 3.8) is 0 Å². The standard InChI is InChI=1S/C24H29N3O2/c1-17(2)26-15-19(4)27(16-18(26)3)23(25-22-9-7-6-8-10-22)20-11-13-21(14-12-20)24(28)29-5/h6-14,18-19H,1,15-16H2,2-5H3. The van der Waals surface area contributed by atoms with Gasteiger partial charge < -0.3 is 14.5 Å². The van der Waals surface area contributed by atoms with Crippen molar-refractivity contribution in [1.29, 1.82) is 0 Å². The molecule has 0 amide bonds. The number of hydrogen-bond acceptors (Lipinski definition) is 4. The van der Waals surface area contributed by atoms with Crippen molar-refractivity contribution in [3.05, 3.63) is 78.0 Å². The number of piperazine rings is 1. The number of amidine groups is 1. The minimum absolute atomic E-state index is 0.269. The molecule has 1 aliphatic heterocycles. The number of hydrogen-bond donors (Lipinski definition) is 0. The maximum atomic E-state index is 11.8. The smallest absolute Gasteiger partial charge is 0.337 e. The first-order valence-corrected chi connectivity index (χ1v) is 9.92. The van der Waals surface area contributed by atoms with Gasteiger partial charge in [0.2, 0.25) is 0 Å². The number of carbonyl (C=O) groups is 1. The third-order valence-corrected chi connectivity index (χ3v) is 5.30. The first-order valence-electron chi connectivity index (χ1n) is 9.92. The molecule has 0 radical (unpaired) electrons. The minimum Gasteiger partial charge on any atom is -0.465 e. The Morgan fingerprint density at radius 3 is 2.10 bits per heavy atom. The summed E-state index contributed by atoms with van der Waals surface area (Å²) in [6.45, 7) is 12.4. The summed E-state index contributed by atoms with van der Waals surface area (Å²) in [5.74, 6) is 0.573. The average Bonchev–Trinajstić information content (AvgIpc) is 2.73. The van der Waals surface area contributed by atoms with E-state index in [1.54, 1.807) is 12.1 Å². The largest absolute Gasteiger partial charge is 0.465 e. The van der Waals surface area contributed by atoms with Crippen molar-refractivity contribution >= 4 is 17.5 Å². The highest BCUT2D eigenvalue weighted by molar-refractivity contribution is 6.01. The Kier molecular flexibility index (Phi) is 6.37. The van der Waals surface area contributed by atoms with Gasteiger partial charge in [0.25, 0.3) is 0 Å². The van der Waals surface area contributed by atoms with Gasteiger partial charge in [-0.15, -0.1) is 0 Å². The van der Waals surface area contributed by atoms with E-state index in [4.69, 9.17) is 9.73 Å². The molecule has 0 aliphatic carbocycles. The molecule has 2 aromatic rings. The van der Waals surface area contributed by atoms with Crippen LogP contribution in [0, 0.1) is 0 Å². The molecule has 29 heavy (non-hydrogen) atoms. The van der Waals surface area contributed by atoms with Crippen LogP contribution in [0.15, 0.2) is 71.9 Å². The summed E-state index contributed by atoms with van der Waals surface area (Å²) in [6.07, 6.45) is 0. The maximum Gasteiger partial charge on any atom is 0.337 e. The van der Waals surface area contributed by atoms with E-state index in [2.05, 4.69) is 37.1 Å². The second kappa shape index (κ2) is 8.95. The Morgan fingerprint density at radius 2 is 1.52 bits per heavy atom. The summed E-state index contributed by atoms with van der Waals surface area (Å²) >= 11 is 0. The van der Waals surface area contributed by atoms with Crippen molar-refractivity contribution in [3.8, 4) is 0 Å². The molecule has 0 bridgehead atoms. The Morgan fingerprint density at radius 1 is 0.966 bits per heavy atom. The predicted molar refractivity (Wildman–Crippen MR) is 118 cm³/mol. The highest BCUT2D eigenvalue weighted by Gasteiger charge is 2.31. The molecule has 5 nitrogen and oxygen atoms in total. The Bertz CT molecular complexity index is 890. The molecular formula is C24H29N3O2. The number of allylic oxidation sites excluding steroid dienone is 1. The molecular weight excluding hydrogens is 362 g/mol. The van der Waals surface area contributed by atoms with Gasteiger partial charge in [-0.3, -0.25) is 0 Å². The maximum absolute atomic E-state index is 11.8. The predicted octanol–water partition coefficient (Wildman–Crippen LogP) is 4.48. The molecule has 2 aromatic carbocycles. The number of para-hydroxylation sites is 1. The van der Waals surface area contributed by atoms with E-state index < -0.39 is 0 Å². The van der Waals surface area contributed by atoms with Gasteiger partial charge in [0.15, 0.2) is 0 Å². The fourth-order valence-corrected chi connectivity index (χ4v) is 3.75. The molecule has 1 fully saturated rings. The number of rotatable bonds is 4. The second-order valence-corrected chi connectivity index (χ2v) is 7.58. The first kappa shape index (κ1) is 20.6. The van der Waals surface area contributed by atoms with E-state index in [-0.39, 0.29) is 12.0 Å². The highest BCUT2D eigenvalue weighted by Crippen LogP contribution is 2.24. The molecule has 152 valence electrons. The van der Waals surface area contributed by atoms with Gasteiger partial charge in [-0.05, 0) is 45.0 Å². The van der Waals surface area contributed by atoms with Crippen LogP contribution >= 0.6 is 0 Å². The number of carbonyl (C=O) groups excluding carboxylic acids is 1. The molecule has 0 aromatic heterocycles. The van der Waals surface area contributed by atoms with Gasteiger partial charge >= 0.3 is 5.97 Å². The van der Waals surface area contributed by atoms with Crippen LogP contribution in [0.5, 0.6) is 0 Å². The highest BCUT2D eigenvalue weighted by atomic mass is 16.5. The molecule has 2 atom stereocenters. The molecule has 1 aliphatic rings. The van der Waals surface area contributed by atoms with Crippen LogP contribution in [-0.4, -0.2) is 53.9 Å². The summed E-state index contributed by atoms with van der Waals surface area (Å²) in [7, 11) is 1.39. The van der Waals surface area contributed by atoms with Gasteiger partial charge in [-0.2, -0.15) is 0 Å². The number of benzene rings is 2. The number of methoxy groups -OCH3 is 1. The van der Waals surface area contributed by atoms with Gasteiger partial charge in [-0.1, -0.05) is 36.9 Å². The Labute approximate surface area is 173 Å². The summed E-state index contributed by atoms with van der Waals surface area (Å²) in [5, 5.41) is 0. The van der Waals surface area contributed by atoms with E-state index in [0.717, 1.165) is 35.9 Å². The van der Waals surface area contributed by atoms with Crippen molar-refractivity contribution in [2.75, 3.05) is 20.2 Å². The van der Waals surface area contributed by atoms with Crippen LogP contribution in [0.4, 0.5) is 5.69 Å². The summed E-state index contributed by atoms with van der Waals surface area (Å²) in [6, 6.07) is 18.0. The van der Waals surface area contributed by atoms with Crippen molar-refractivity contribution in [2.24, 2.45) is 4.99 Å². The van der Waals surface area contributed by atoms with Crippen LogP contribution < -0.4 is 0 Å². The summed E-state index contributed by atoms with van der Waals surface area (Å²) < 4.78 is 4.82. The van der Waals surface area contributed by atoms with Crippen LogP contribution in [0.1, 0.15) is 36.7 Å². The minimum atomic E-state index is -0.338. The van der Waals surface area contributed by atoms with Gasteiger partial charge in [0, 0.05) is 36.4 Å². The van der Waals surface area contributed by atoms with Gasteiger partial charge in [0.1, 0.15) is 5.84 Å². The van der Waals surface area contributed by atoms with E-state index in [9.17, 15) is 4.79 Å². The Balaban J connectivity index is 1.99. The number of esters is 1. The monoisotopic (exact) mass is 391 g/mol. The average molecular weight is 392 g/mol. The van der Waals surface area contributed by atoms with Crippen molar-refractivity contribution < 1.29 is 9.53 Å². The fraction of sp³-hybridized carbons (Fsp3) is 0.333. The summed E-state index contributed by atoms with van der Waals surface area (Å²) in [5.41, 5.74) is 3.50. The van der Waals surface area contributed by atoms with Crippen LogP contribution in [0.3, 0.4) is 0 Å². The summed E-state index contributed by atoms with van der Waals surface area (Å²) in [4.78, 5) is 21.5. The van der Waals surface area contributed by atoms with Crippen molar-refractivity contribution in [1.82, 2.24) is 9.80 Å². The van der Waals surface area contributed by atoms with E-state index in [1.807, 2.05) is 42.5 Å². The molecule has 3 rings (SSSR count). The molecule has 1 heterocycles. The SMILES string of the molecule is C=C(C)N1CC(C)N(C(=Nc2ccccc2)c2ccc(C(=O)OC)cc2)CC1C. The zero-order valence-corrected chi connectivity index (χ0v) is 17.6. The van der Waals surface area contributed by atoms with E-state index in [1.165, 1.54) is 7.11 Å². The molecule has 2 unspecified atom stereocenters. The first-order chi connectivity index (χ1) is 13.9.